The molecule has 1 aromatic carbocycles. The van der Waals surface area contributed by atoms with Crippen LogP contribution in [0.3, 0.4) is 0 Å². The zero-order chi connectivity index (χ0) is 13.7. The van der Waals surface area contributed by atoms with Crippen LogP contribution >= 0.6 is 11.6 Å². The first-order valence-corrected chi connectivity index (χ1v) is 7.69. The van der Waals surface area contributed by atoms with E-state index in [0.717, 1.165) is 18.4 Å². The second-order valence-corrected chi connectivity index (χ2v) is 5.67. The number of carbonyl (C=O) groups excluding carboxylic acids is 1. The maximum absolute atomic E-state index is 12.7. The van der Waals surface area contributed by atoms with Crippen molar-refractivity contribution in [3.05, 3.63) is 35.9 Å². The molecule has 19 heavy (non-hydrogen) atoms. The van der Waals surface area contributed by atoms with E-state index < -0.39 is 0 Å². The molecule has 104 valence electrons. The highest BCUT2D eigenvalue weighted by Crippen LogP contribution is 2.27. The van der Waals surface area contributed by atoms with Crippen LogP contribution in [0.1, 0.15) is 44.1 Å². The van der Waals surface area contributed by atoms with E-state index in [1.54, 1.807) is 0 Å². The summed E-state index contributed by atoms with van der Waals surface area (Å²) < 4.78 is 0. The Morgan fingerprint density at radius 3 is 2.53 bits per heavy atom. The van der Waals surface area contributed by atoms with Gasteiger partial charge >= 0.3 is 0 Å². The van der Waals surface area contributed by atoms with Crippen LogP contribution in [0, 0.1) is 0 Å². The molecule has 0 aromatic heterocycles. The van der Waals surface area contributed by atoms with Gasteiger partial charge in [0.25, 0.3) is 0 Å². The minimum absolute atomic E-state index is 0.0787. The zero-order valence-electron chi connectivity index (χ0n) is 11.5. The van der Waals surface area contributed by atoms with Crippen LogP contribution in [-0.4, -0.2) is 29.3 Å². The van der Waals surface area contributed by atoms with Crippen molar-refractivity contribution in [1.82, 2.24) is 4.90 Å². The van der Waals surface area contributed by atoms with Crippen LogP contribution in [-0.2, 0) is 4.79 Å². The van der Waals surface area contributed by atoms with Gasteiger partial charge in [-0.05, 0) is 25.3 Å². The van der Waals surface area contributed by atoms with E-state index in [2.05, 4.69) is 0 Å². The molecule has 1 amide bonds. The summed E-state index contributed by atoms with van der Waals surface area (Å²) in [7, 11) is 0. The van der Waals surface area contributed by atoms with Crippen molar-refractivity contribution in [2.24, 2.45) is 0 Å². The van der Waals surface area contributed by atoms with E-state index in [1.807, 2.05) is 42.2 Å². The molecule has 2 nitrogen and oxygen atoms in total. The number of halogens is 1. The molecule has 1 fully saturated rings. The summed E-state index contributed by atoms with van der Waals surface area (Å²) in [6.45, 7) is 2.66. The lowest BCUT2D eigenvalue weighted by molar-refractivity contribution is -0.134. The van der Waals surface area contributed by atoms with E-state index in [9.17, 15) is 4.79 Å². The van der Waals surface area contributed by atoms with Gasteiger partial charge in [-0.25, -0.2) is 0 Å². The van der Waals surface area contributed by atoms with Crippen LogP contribution < -0.4 is 0 Å². The maximum Gasteiger partial charge on any atom is 0.230 e. The molecule has 1 aromatic rings. The molecule has 1 atom stereocenters. The second-order valence-electron chi connectivity index (χ2n) is 5.29. The average molecular weight is 280 g/mol. The molecular formula is C16H22ClNO. The Bertz CT molecular complexity index is 400. The molecule has 0 spiro atoms. The van der Waals surface area contributed by atoms with Gasteiger partial charge in [-0.3, -0.25) is 4.79 Å². The number of carbonyl (C=O) groups is 1. The lowest BCUT2D eigenvalue weighted by Crippen LogP contribution is -2.42. The van der Waals surface area contributed by atoms with Gasteiger partial charge in [0.05, 0.1) is 5.92 Å². The van der Waals surface area contributed by atoms with Crippen molar-refractivity contribution in [2.45, 2.75) is 44.6 Å². The van der Waals surface area contributed by atoms with Crippen molar-refractivity contribution in [3.63, 3.8) is 0 Å². The number of rotatable bonds is 5. The number of hydrogen-bond donors (Lipinski definition) is 0. The highest BCUT2D eigenvalue weighted by Gasteiger charge is 2.29. The first kappa shape index (κ1) is 14.4. The Hall–Kier alpha value is -1.02. The van der Waals surface area contributed by atoms with E-state index >= 15 is 0 Å². The number of benzene rings is 1. The third-order valence-corrected chi connectivity index (χ3v) is 4.21. The Labute approximate surface area is 120 Å². The number of nitrogens with zero attached hydrogens (tertiary/aromatic N) is 1. The molecule has 0 aliphatic heterocycles. The summed E-state index contributed by atoms with van der Waals surface area (Å²) in [6, 6.07) is 10.4. The van der Waals surface area contributed by atoms with Crippen molar-refractivity contribution in [1.29, 1.82) is 0 Å². The Morgan fingerprint density at radius 2 is 1.95 bits per heavy atom. The quantitative estimate of drug-likeness (QED) is 0.751. The van der Waals surface area contributed by atoms with Gasteiger partial charge in [-0.15, -0.1) is 11.6 Å². The molecule has 0 saturated heterocycles. The highest BCUT2D eigenvalue weighted by atomic mass is 35.5. The zero-order valence-corrected chi connectivity index (χ0v) is 12.3. The molecule has 1 aliphatic rings. The summed E-state index contributed by atoms with van der Waals surface area (Å²) in [5.41, 5.74) is 1.09. The van der Waals surface area contributed by atoms with Crippen molar-refractivity contribution in [3.8, 4) is 0 Å². The summed E-state index contributed by atoms with van der Waals surface area (Å²) in [6.07, 6.45) is 4.72. The Morgan fingerprint density at radius 1 is 1.32 bits per heavy atom. The van der Waals surface area contributed by atoms with Crippen LogP contribution in [0.25, 0.3) is 0 Å². The number of hydrogen-bond acceptors (Lipinski definition) is 1. The van der Waals surface area contributed by atoms with Gasteiger partial charge in [0.1, 0.15) is 0 Å². The van der Waals surface area contributed by atoms with Crippen LogP contribution in [0.15, 0.2) is 30.3 Å². The molecule has 0 heterocycles. The molecule has 1 saturated carbocycles. The average Bonchev–Trinajstić information content (AvgIpc) is 2.98. The largest absolute Gasteiger partial charge is 0.338 e. The predicted octanol–water partition coefficient (Wildman–Crippen LogP) is 3.80. The second kappa shape index (κ2) is 6.95. The van der Waals surface area contributed by atoms with E-state index in [0.29, 0.717) is 18.5 Å². The molecule has 1 aliphatic carbocycles. The summed E-state index contributed by atoms with van der Waals surface area (Å²) >= 11 is 5.88. The Kier molecular flexibility index (Phi) is 5.26. The van der Waals surface area contributed by atoms with E-state index in [4.69, 9.17) is 11.6 Å². The summed E-state index contributed by atoms with van der Waals surface area (Å²) in [4.78, 5) is 14.7. The van der Waals surface area contributed by atoms with Gasteiger partial charge in [0.2, 0.25) is 5.91 Å². The minimum Gasteiger partial charge on any atom is -0.338 e. The topological polar surface area (TPSA) is 20.3 Å². The molecule has 0 N–H and O–H groups in total. The van der Waals surface area contributed by atoms with Crippen LogP contribution in [0.5, 0.6) is 0 Å². The third-order valence-electron chi connectivity index (χ3n) is 4.04. The lowest BCUT2D eigenvalue weighted by Gasteiger charge is -2.31. The lowest BCUT2D eigenvalue weighted by atomic mass is 9.99. The van der Waals surface area contributed by atoms with Gasteiger partial charge < -0.3 is 4.90 Å². The highest BCUT2D eigenvalue weighted by molar-refractivity contribution is 6.18. The number of amides is 1. The van der Waals surface area contributed by atoms with Gasteiger partial charge in [-0.1, -0.05) is 43.2 Å². The molecule has 3 heteroatoms. The monoisotopic (exact) mass is 279 g/mol. The first-order chi connectivity index (χ1) is 9.24. The van der Waals surface area contributed by atoms with Crippen LogP contribution in [0.4, 0.5) is 0 Å². The fraction of sp³-hybridized carbons (Fsp3) is 0.562. The normalized spacial score (nSPS) is 17.4. The SMILES string of the molecule is CC(C(=O)N(CCCl)C1CCCC1)c1ccccc1. The predicted molar refractivity (Wildman–Crippen MR) is 79.5 cm³/mol. The maximum atomic E-state index is 12.7. The first-order valence-electron chi connectivity index (χ1n) is 7.15. The van der Waals surface area contributed by atoms with Gasteiger partial charge in [-0.2, -0.15) is 0 Å². The minimum atomic E-state index is -0.0787. The van der Waals surface area contributed by atoms with E-state index in [1.165, 1.54) is 12.8 Å². The molecule has 0 radical (unpaired) electrons. The molecule has 2 rings (SSSR count). The fourth-order valence-corrected chi connectivity index (χ4v) is 3.09. The molecular weight excluding hydrogens is 258 g/mol. The molecule has 0 bridgehead atoms. The summed E-state index contributed by atoms with van der Waals surface area (Å²) in [5, 5.41) is 0. The van der Waals surface area contributed by atoms with Gasteiger partial charge in [0, 0.05) is 18.5 Å². The third kappa shape index (κ3) is 3.50. The van der Waals surface area contributed by atoms with Crippen LogP contribution in [0.2, 0.25) is 0 Å². The molecule has 1 unspecified atom stereocenters. The smallest absolute Gasteiger partial charge is 0.230 e. The van der Waals surface area contributed by atoms with E-state index in [-0.39, 0.29) is 11.8 Å². The van der Waals surface area contributed by atoms with Gasteiger partial charge in [0.15, 0.2) is 0 Å². The van der Waals surface area contributed by atoms with Crippen molar-refractivity contribution in [2.75, 3.05) is 12.4 Å². The Balaban J connectivity index is 2.10. The van der Waals surface area contributed by atoms with Crippen molar-refractivity contribution < 1.29 is 4.79 Å². The fourth-order valence-electron chi connectivity index (χ4n) is 2.91. The van der Waals surface area contributed by atoms with Crippen molar-refractivity contribution >= 4 is 17.5 Å². The standard InChI is InChI=1S/C16H22ClNO/c1-13(14-7-3-2-4-8-14)16(19)18(12-11-17)15-9-5-6-10-15/h2-4,7-8,13,15H,5-6,9-12H2,1H3. The summed E-state index contributed by atoms with van der Waals surface area (Å²) in [5.74, 6) is 0.660. The number of alkyl halides is 1.